The van der Waals surface area contributed by atoms with Crippen molar-refractivity contribution in [3.05, 3.63) is 41.2 Å². The summed E-state index contributed by atoms with van der Waals surface area (Å²) in [7, 11) is 0. The number of cyclic esters (lactones) is 1. The summed E-state index contributed by atoms with van der Waals surface area (Å²) in [6, 6.07) is 9.94. The van der Waals surface area contributed by atoms with E-state index in [0.717, 1.165) is 6.42 Å². The van der Waals surface area contributed by atoms with Crippen molar-refractivity contribution in [1.29, 1.82) is 0 Å². The average molecular weight is 211 g/mol. The zero-order chi connectivity index (χ0) is 10.9. The van der Waals surface area contributed by atoms with Gasteiger partial charge in [0.1, 0.15) is 0 Å². The van der Waals surface area contributed by atoms with Crippen molar-refractivity contribution in [2.45, 2.75) is 31.9 Å². The fourth-order valence-electron chi connectivity index (χ4n) is 1.73. The van der Waals surface area contributed by atoms with Crippen LogP contribution in [0.2, 0.25) is 0 Å². The Balaban J connectivity index is 0.00000128. The Labute approximate surface area is 108 Å². The summed E-state index contributed by atoms with van der Waals surface area (Å²) in [5, 5.41) is 3.98. The van der Waals surface area contributed by atoms with E-state index in [1.807, 2.05) is 44.2 Å². The molecule has 0 aliphatic carbocycles. The molecule has 1 aromatic rings. The molecule has 0 saturated carbocycles. The molecular weight excluding hydrogens is 197 g/mol. The Hall–Kier alpha value is -0.913. The number of hydrogen-bond donors (Lipinski definition) is 0. The molecule has 0 aromatic heterocycles. The van der Waals surface area contributed by atoms with Crippen LogP contribution in [-0.4, -0.2) is 17.7 Å². The van der Waals surface area contributed by atoms with E-state index in [-0.39, 0.29) is 24.9 Å². The van der Waals surface area contributed by atoms with Crippen LogP contribution < -0.4 is 18.9 Å². The third-order valence-corrected chi connectivity index (χ3v) is 2.69. The molecule has 3 nitrogen and oxygen atoms in total. The van der Waals surface area contributed by atoms with E-state index in [2.05, 4.69) is 5.32 Å². The Bertz CT molecular complexity index is 365. The topological polar surface area (TPSA) is 40.4 Å². The predicted octanol–water partition coefficient (Wildman–Crippen LogP) is -0.0958. The zero-order valence-electron chi connectivity index (χ0n) is 9.93. The van der Waals surface area contributed by atoms with E-state index >= 15 is 0 Å². The van der Waals surface area contributed by atoms with Gasteiger partial charge in [0.25, 0.3) is 0 Å². The predicted molar refractivity (Wildman–Crippen MR) is 57.9 cm³/mol. The van der Waals surface area contributed by atoms with E-state index in [1.165, 1.54) is 5.56 Å². The number of ether oxygens (including phenoxy) is 1. The number of carbonyl (C=O) groups is 1. The van der Waals surface area contributed by atoms with Crippen LogP contribution in [0.4, 0.5) is 4.79 Å². The fourth-order valence-corrected chi connectivity index (χ4v) is 1.73. The summed E-state index contributed by atoms with van der Waals surface area (Å²) >= 11 is 0. The Morgan fingerprint density at radius 3 is 2.44 bits per heavy atom. The first-order valence-corrected chi connectivity index (χ1v) is 5.06. The van der Waals surface area contributed by atoms with Gasteiger partial charge in [0.15, 0.2) is 0 Å². The maximum atomic E-state index is 11.1. The summed E-state index contributed by atoms with van der Waals surface area (Å²) in [5.41, 5.74) is 0.699. The number of benzene rings is 1. The number of rotatable bonds is 2. The van der Waals surface area contributed by atoms with Crippen LogP contribution in [0, 0.1) is 0 Å². The monoisotopic (exact) mass is 211 g/mol. The SMILES string of the molecule is CC1(C)OC(=O)[N-]C1Cc1ccccc1.[Li+]. The third-order valence-electron chi connectivity index (χ3n) is 2.69. The van der Waals surface area contributed by atoms with E-state index in [1.54, 1.807) is 0 Å². The van der Waals surface area contributed by atoms with Gasteiger partial charge in [-0.15, -0.1) is 0 Å². The summed E-state index contributed by atoms with van der Waals surface area (Å²) < 4.78 is 5.13. The molecule has 1 aromatic carbocycles. The van der Waals surface area contributed by atoms with Crippen LogP contribution in [0.1, 0.15) is 19.4 Å². The Kier molecular flexibility index (Phi) is 4.07. The molecule has 1 heterocycles. The number of nitrogens with zero attached hydrogens (tertiary/aromatic N) is 1. The molecule has 1 fully saturated rings. The first kappa shape index (κ1) is 13.2. The standard InChI is InChI=1S/C12H15NO2.Li/c1-12(2)10(13-11(14)15-12)8-9-6-4-3-5-7-9;/h3-7,10H,8H2,1-2H3,(H,13,14);/q;+1/p-1. The van der Waals surface area contributed by atoms with Gasteiger partial charge in [-0.05, 0) is 25.8 Å². The average Bonchev–Trinajstić information content (AvgIpc) is 2.41. The van der Waals surface area contributed by atoms with Crippen LogP contribution in [0.3, 0.4) is 0 Å². The van der Waals surface area contributed by atoms with Gasteiger partial charge >= 0.3 is 18.9 Å². The second-order valence-corrected chi connectivity index (χ2v) is 4.31. The molecule has 80 valence electrons. The summed E-state index contributed by atoms with van der Waals surface area (Å²) in [4.78, 5) is 11.1. The minimum atomic E-state index is -0.479. The van der Waals surface area contributed by atoms with Crippen molar-refractivity contribution in [2.75, 3.05) is 0 Å². The molecule has 0 N–H and O–H groups in total. The third kappa shape index (κ3) is 2.81. The normalized spacial score (nSPS) is 21.9. The quantitative estimate of drug-likeness (QED) is 0.641. The molecule has 0 radical (unpaired) electrons. The van der Waals surface area contributed by atoms with Crippen LogP contribution in [0.5, 0.6) is 0 Å². The molecule has 1 atom stereocenters. The van der Waals surface area contributed by atoms with Crippen molar-refractivity contribution in [3.63, 3.8) is 0 Å². The van der Waals surface area contributed by atoms with Gasteiger partial charge in [-0.25, -0.2) is 0 Å². The van der Waals surface area contributed by atoms with Crippen LogP contribution in [0.15, 0.2) is 30.3 Å². The van der Waals surface area contributed by atoms with Gasteiger partial charge in [0.05, 0.1) is 5.60 Å². The maximum Gasteiger partial charge on any atom is 1.00 e. The van der Waals surface area contributed by atoms with E-state index in [0.29, 0.717) is 0 Å². The summed E-state index contributed by atoms with van der Waals surface area (Å²) in [5.74, 6) is 0. The zero-order valence-corrected chi connectivity index (χ0v) is 9.93. The van der Waals surface area contributed by atoms with Gasteiger partial charge in [-0.1, -0.05) is 36.4 Å². The first-order chi connectivity index (χ1) is 7.08. The van der Waals surface area contributed by atoms with Crippen molar-refractivity contribution in [3.8, 4) is 0 Å². The molecule has 0 bridgehead atoms. The molecular formula is C12H14LiNO2. The molecule has 1 unspecified atom stereocenters. The molecule has 1 aliphatic rings. The molecule has 0 spiro atoms. The largest absolute Gasteiger partial charge is 1.00 e. The molecule has 2 rings (SSSR count). The van der Waals surface area contributed by atoms with Crippen molar-refractivity contribution >= 4 is 6.09 Å². The van der Waals surface area contributed by atoms with E-state index in [9.17, 15) is 4.79 Å². The second kappa shape index (κ2) is 4.95. The molecule has 1 aliphatic heterocycles. The Morgan fingerprint density at radius 1 is 1.31 bits per heavy atom. The fraction of sp³-hybridized carbons (Fsp3) is 0.417. The first-order valence-electron chi connectivity index (χ1n) is 5.06. The number of amides is 1. The van der Waals surface area contributed by atoms with Crippen LogP contribution in [-0.2, 0) is 11.2 Å². The molecule has 4 heteroatoms. The Morgan fingerprint density at radius 2 is 1.94 bits per heavy atom. The minimum Gasteiger partial charge on any atom is -0.611 e. The smallest absolute Gasteiger partial charge is 0.611 e. The van der Waals surface area contributed by atoms with Gasteiger partial charge in [0.2, 0.25) is 6.09 Å². The maximum absolute atomic E-state index is 11.1. The summed E-state index contributed by atoms with van der Waals surface area (Å²) in [6.45, 7) is 3.80. The summed E-state index contributed by atoms with van der Waals surface area (Å²) in [6.07, 6.45) is 0.306. The number of hydrogen-bond acceptors (Lipinski definition) is 2. The molecule has 16 heavy (non-hydrogen) atoms. The van der Waals surface area contributed by atoms with Crippen molar-refractivity contribution < 1.29 is 28.4 Å². The van der Waals surface area contributed by atoms with E-state index in [4.69, 9.17) is 4.74 Å². The van der Waals surface area contributed by atoms with Crippen LogP contribution in [0.25, 0.3) is 5.32 Å². The number of carbonyl (C=O) groups excluding carboxylic acids is 1. The molecule has 1 saturated heterocycles. The second-order valence-electron chi connectivity index (χ2n) is 4.31. The van der Waals surface area contributed by atoms with Gasteiger partial charge in [0, 0.05) is 0 Å². The molecule has 1 amide bonds. The van der Waals surface area contributed by atoms with E-state index < -0.39 is 11.7 Å². The van der Waals surface area contributed by atoms with Crippen LogP contribution >= 0.6 is 0 Å². The van der Waals surface area contributed by atoms with Gasteiger partial charge in [-0.3, -0.25) is 4.79 Å². The van der Waals surface area contributed by atoms with Gasteiger partial charge in [-0.2, -0.15) is 0 Å². The van der Waals surface area contributed by atoms with Gasteiger partial charge < -0.3 is 10.1 Å². The van der Waals surface area contributed by atoms with Crippen molar-refractivity contribution in [2.24, 2.45) is 0 Å². The minimum absolute atomic E-state index is 0. The van der Waals surface area contributed by atoms with Crippen molar-refractivity contribution in [1.82, 2.24) is 0 Å².